The molecule has 2 aromatic rings. The molecule has 1 aliphatic carbocycles. The van der Waals surface area contributed by atoms with E-state index in [2.05, 4.69) is 28.2 Å². The van der Waals surface area contributed by atoms with Crippen molar-refractivity contribution in [3.8, 4) is 10.4 Å². The lowest BCUT2D eigenvalue weighted by atomic mass is 10.0. The van der Waals surface area contributed by atoms with Crippen LogP contribution >= 0.6 is 24.0 Å². The molecule has 2 aliphatic rings. The van der Waals surface area contributed by atoms with Gasteiger partial charge in [0.15, 0.2) is 5.67 Å². The van der Waals surface area contributed by atoms with Crippen LogP contribution in [0, 0.1) is 6.92 Å². The number of aliphatic hydroxyl groups is 1. The van der Waals surface area contributed by atoms with Gasteiger partial charge in [0.05, 0.1) is 22.2 Å². The minimum Gasteiger partial charge on any atom is -0.391 e. The van der Waals surface area contributed by atoms with E-state index in [1.165, 1.54) is 4.90 Å². The van der Waals surface area contributed by atoms with E-state index in [1.807, 2.05) is 31.2 Å². The van der Waals surface area contributed by atoms with Gasteiger partial charge in [-0.1, -0.05) is 24.3 Å². The van der Waals surface area contributed by atoms with Crippen LogP contribution in [-0.2, 0) is 20.9 Å². The molecule has 2 heterocycles. The van der Waals surface area contributed by atoms with Crippen LogP contribution < -0.4 is 10.6 Å². The van der Waals surface area contributed by atoms with E-state index in [-0.39, 0.29) is 32.4 Å². The Balaban J connectivity index is 1.42. The molecule has 1 saturated heterocycles. The first-order chi connectivity index (χ1) is 16.9. The van der Waals surface area contributed by atoms with Gasteiger partial charge in [-0.15, -0.1) is 11.3 Å². The van der Waals surface area contributed by atoms with Crippen LogP contribution in [0.5, 0.6) is 0 Å². The number of thiazole rings is 1. The van der Waals surface area contributed by atoms with E-state index >= 15 is 0 Å². The Bertz CT molecular complexity index is 1140. The summed E-state index contributed by atoms with van der Waals surface area (Å²) in [7, 11) is 0. The van der Waals surface area contributed by atoms with Crippen LogP contribution in [0.4, 0.5) is 4.39 Å². The van der Waals surface area contributed by atoms with Crippen LogP contribution in [0.25, 0.3) is 10.4 Å². The molecule has 1 aromatic heterocycles. The zero-order valence-electron chi connectivity index (χ0n) is 20.5. The standard InChI is InChI=1S/C25H31FN4O4S2/c1-14-19(36-13-28-14)16-6-4-15(5-7-16)11-27-21(32)18-10-17(31)12-30(18)22(33)20(24(2,3)35)29-23(34)25(26)8-9-25/h4-7,13,17-18,20,31,35H,8-12H2,1-3H3,(H,27,32)(H,29,34)/t17-,18-,20?/m0/s1. The van der Waals surface area contributed by atoms with Crippen molar-refractivity contribution in [2.45, 2.75) is 75.2 Å². The summed E-state index contributed by atoms with van der Waals surface area (Å²) < 4.78 is 13.2. The minimum atomic E-state index is -1.95. The SMILES string of the molecule is Cc1ncsc1-c1ccc(CNC(=O)[C@@H]2C[C@H](O)CN2C(=O)C(NC(=O)C2(F)CC2)C(C)(C)S)cc1. The molecule has 1 aromatic carbocycles. The molecule has 1 aliphatic heterocycles. The van der Waals surface area contributed by atoms with Crippen LogP contribution in [-0.4, -0.2) is 67.9 Å². The Morgan fingerprint density at radius 1 is 1.31 bits per heavy atom. The fraction of sp³-hybridized carbons (Fsp3) is 0.520. The molecule has 0 bridgehead atoms. The third-order valence-electron chi connectivity index (χ3n) is 6.62. The van der Waals surface area contributed by atoms with Gasteiger partial charge in [-0.05, 0) is 44.7 Å². The van der Waals surface area contributed by atoms with Gasteiger partial charge < -0.3 is 20.6 Å². The largest absolute Gasteiger partial charge is 0.391 e. The average Bonchev–Trinajstić information content (AvgIpc) is 3.23. The van der Waals surface area contributed by atoms with Gasteiger partial charge in [-0.3, -0.25) is 14.4 Å². The number of aromatic nitrogens is 1. The number of hydrogen-bond donors (Lipinski definition) is 4. The molecular weight excluding hydrogens is 503 g/mol. The van der Waals surface area contributed by atoms with E-state index in [9.17, 15) is 23.9 Å². The highest BCUT2D eigenvalue weighted by Gasteiger charge is 2.53. The smallest absolute Gasteiger partial charge is 0.258 e. The van der Waals surface area contributed by atoms with Crippen molar-refractivity contribution in [2.24, 2.45) is 0 Å². The quantitative estimate of drug-likeness (QED) is 0.389. The van der Waals surface area contributed by atoms with E-state index < -0.39 is 46.3 Å². The molecule has 194 valence electrons. The number of aryl methyl sites for hydroxylation is 1. The topological polar surface area (TPSA) is 112 Å². The van der Waals surface area contributed by atoms with Gasteiger partial charge in [-0.2, -0.15) is 12.6 Å². The molecule has 11 heteroatoms. The summed E-state index contributed by atoms with van der Waals surface area (Å²) in [4.78, 5) is 45.4. The van der Waals surface area contributed by atoms with Gasteiger partial charge in [-0.25, -0.2) is 9.37 Å². The first-order valence-electron chi connectivity index (χ1n) is 11.9. The van der Waals surface area contributed by atoms with Crippen molar-refractivity contribution in [1.29, 1.82) is 0 Å². The van der Waals surface area contributed by atoms with E-state index in [0.29, 0.717) is 0 Å². The maximum atomic E-state index is 14.3. The van der Waals surface area contributed by atoms with Crippen molar-refractivity contribution < 1.29 is 23.9 Å². The fourth-order valence-electron chi connectivity index (χ4n) is 4.27. The third-order valence-corrected chi connectivity index (χ3v) is 7.85. The summed E-state index contributed by atoms with van der Waals surface area (Å²) in [6.45, 7) is 5.41. The number of nitrogens with one attached hydrogen (secondary N) is 2. The van der Waals surface area contributed by atoms with Crippen molar-refractivity contribution >= 4 is 41.7 Å². The molecule has 4 rings (SSSR count). The van der Waals surface area contributed by atoms with Gasteiger partial charge in [0.1, 0.15) is 12.1 Å². The van der Waals surface area contributed by atoms with Crippen LogP contribution in [0.2, 0.25) is 0 Å². The van der Waals surface area contributed by atoms with Gasteiger partial charge >= 0.3 is 0 Å². The van der Waals surface area contributed by atoms with Gasteiger partial charge in [0.25, 0.3) is 5.91 Å². The number of nitrogens with zero attached hydrogens (tertiary/aromatic N) is 2. The molecule has 0 radical (unpaired) electrons. The highest BCUT2D eigenvalue weighted by atomic mass is 32.1. The zero-order valence-corrected chi connectivity index (χ0v) is 22.2. The number of aliphatic hydroxyl groups excluding tert-OH is 1. The normalized spacial score (nSPS) is 21.7. The summed E-state index contributed by atoms with van der Waals surface area (Å²) >= 11 is 6.02. The van der Waals surface area contributed by atoms with Crippen molar-refractivity contribution in [2.75, 3.05) is 6.54 Å². The molecule has 8 nitrogen and oxygen atoms in total. The third kappa shape index (κ3) is 5.73. The second-order valence-electron chi connectivity index (χ2n) is 10.1. The second-order valence-corrected chi connectivity index (χ2v) is 12.1. The van der Waals surface area contributed by atoms with Gasteiger partial charge in [0.2, 0.25) is 11.8 Å². The van der Waals surface area contributed by atoms with Crippen molar-refractivity contribution in [1.82, 2.24) is 20.5 Å². The van der Waals surface area contributed by atoms with Crippen LogP contribution in [0.15, 0.2) is 29.8 Å². The molecule has 0 spiro atoms. The van der Waals surface area contributed by atoms with E-state index in [4.69, 9.17) is 0 Å². The summed E-state index contributed by atoms with van der Waals surface area (Å²) in [5.74, 6) is -1.83. The van der Waals surface area contributed by atoms with Crippen molar-refractivity contribution in [3.05, 3.63) is 41.0 Å². The first kappa shape index (κ1) is 26.6. The maximum absolute atomic E-state index is 14.3. The fourth-order valence-corrected chi connectivity index (χ4v) is 5.26. The lowest BCUT2D eigenvalue weighted by Crippen LogP contribution is -2.60. The lowest BCUT2D eigenvalue weighted by Gasteiger charge is -2.35. The Kier molecular flexibility index (Phi) is 7.45. The van der Waals surface area contributed by atoms with Crippen LogP contribution in [0.1, 0.15) is 44.4 Å². The molecule has 3 amide bonds. The molecular formula is C25H31FN4O4S2. The summed E-state index contributed by atoms with van der Waals surface area (Å²) in [5, 5.41) is 15.6. The molecule has 1 saturated carbocycles. The summed E-state index contributed by atoms with van der Waals surface area (Å²) in [6, 6.07) is 5.70. The number of rotatable bonds is 8. The number of hydrogen-bond acceptors (Lipinski definition) is 7. The highest BCUT2D eigenvalue weighted by molar-refractivity contribution is 7.81. The summed E-state index contributed by atoms with van der Waals surface area (Å²) in [5.41, 5.74) is 2.74. The Hall–Kier alpha value is -2.50. The monoisotopic (exact) mass is 534 g/mol. The number of carbonyl (C=O) groups excluding carboxylic acids is 3. The maximum Gasteiger partial charge on any atom is 0.258 e. The number of β-amino-alcohol motifs (C(OH)–C–C–N with tert-alkyl or cyclic N) is 1. The predicted octanol–water partition coefficient (Wildman–Crippen LogP) is 2.39. The molecule has 2 fully saturated rings. The highest BCUT2D eigenvalue weighted by Crippen LogP contribution is 2.40. The number of amides is 3. The zero-order chi connectivity index (χ0) is 26.3. The molecule has 1 unspecified atom stereocenters. The summed E-state index contributed by atoms with van der Waals surface area (Å²) in [6.07, 6.45) is -0.584. The Morgan fingerprint density at radius 3 is 2.53 bits per heavy atom. The Labute approximate surface area is 219 Å². The second kappa shape index (κ2) is 10.1. The first-order valence-corrected chi connectivity index (χ1v) is 13.2. The molecule has 3 N–H and O–H groups in total. The van der Waals surface area contributed by atoms with Crippen molar-refractivity contribution in [3.63, 3.8) is 0 Å². The Morgan fingerprint density at radius 2 is 1.97 bits per heavy atom. The minimum absolute atomic E-state index is 0.0587. The molecule has 36 heavy (non-hydrogen) atoms. The number of carbonyl (C=O) groups is 3. The number of likely N-dealkylation sites (tertiary alicyclic amines) is 1. The lowest BCUT2D eigenvalue weighted by molar-refractivity contribution is -0.143. The number of thiol groups is 1. The average molecular weight is 535 g/mol. The number of alkyl halides is 1. The van der Waals surface area contributed by atoms with Gasteiger partial charge in [0, 0.05) is 24.3 Å². The van der Waals surface area contributed by atoms with E-state index in [1.54, 1.807) is 30.7 Å². The number of benzene rings is 1. The molecule has 3 atom stereocenters. The van der Waals surface area contributed by atoms with Crippen LogP contribution in [0.3, 0.4) is 0 Å². The van der Waals surface area contributed by atoms with E-state index in [0.717, 1.165) is 21.7 Å². The predicted molar refractivity (Wildman–Crippen MR) is 138 cm³/mol. The number of halogens is 1.